The smallest absolute Gasteiger partial charge is 0.302 e. The highest BCUT2D eigenvalue weighted by Crippen LogP contribution is 2.02. The fraction of sp³-hybridized carbons (Fsp3) is 0.750. The van der Waals surface area contributed by atoms with E-state index in [4.69, 9.17) is 16.3 Å². The summed E-state index contributed by atoms with van der Waals surface area (Å²) in [5.41, 5.74) is 0. The maximum absolute atomic E-state index is 10.3. The molecule has 0 radical (unpaired) electrons. The summed E-state index contributed by atoms with van der Waals surface area (Å²) < 4.78 is 4.69. The monoisotopic (exact) mass is 192 g/mol. The van der Waals surface area contributed by atoms with Crippen molar-refractivity contribution in [2.24, 2.45) is 0 Å². The van der Waals surface area contributed by atoms with Gasteiger partial charge in [-0.2, -0.15) is 0 Å². The van der Waals surface area contributed by atoms with Crippen LogP contribution in [0.3, 0.4) is 0 Å². The van der Waals surface area contributed by atoms with Crippen LogP contribution in [0.1, 0.15) is 32.6 Å². The van der Waals surface area contributed by atoms with Crippen LogP contribution >= 0.6 is 11.6 Å². The highest BCUT2D eigenvalue weighted by Gasteiger charge is 1.96. The zero-order valence-electron chi connectivity index (χ0n) is 7.14. The van der Waals surface area contributed by atoms with Crippen molar-refractivity contribution in [2.45, 2.75) is 32.6 Å². The predicted octanol–water partition coefficient (Wildman–Crippen LogP) is 1.88. The predicted molar refractivity (Wildman–Crippen MR) is 46.0 cm³/mol. The first-order valence-corrected chi connectivity index (χ1v) is 4.32. The van der Waals surface area contributed by atoms with E-state index in [1.807, 2.05) is 0 Å². The number of esters is 1. The Balaban J connectivity index is 3.01. The molecule has 0 atom stereocenters. The Morgan fingerprint density at radius 1 is 1.25 bits per heavy atom. The first-order valence-electron chi connectivity index (χ1n) is 3.94. The average Bonchev–Trinajstić information content (AvgIpc) is 1.95. The molecule has 0 aliphatic heterocycles. The van der Waals surface area contributed by atoms with Crippen LogP contribution < -0.4 is 0 Å². The van der Waals surface area contributed by atoms with Gasteiger partial charge in [-0.1, -0.05) is 0 Å². The number of hydrogen-bond donors (Lipinski definition) is 0. The summed E-state index contributed by atoms with van der Waals surface area (Å²) >= 11 is 5.12. The highest BCUT2D eigenvalue weighted by molar-refractivity contribution is 6.63. The van der Waals surface area contributed by atoms with Gasteiger partial charge >= 0.3 is 5.97 Å². The van der Waals surface area contributed by atoms with E-state index >= 15 is 0 Å². The molecule has 0 saturated heterocycles. The van der Waals surface area contributed by atoms with Gasteiger partial charge in [-0.3, -0.25) is 9.59 Å². The Morgan fingerprint density at radius 3 is 2.42 bits per heavy atom. The minimum Gasteiger partial charge on any atom is -0.466 e. The summed E-state index contributed by atoms with van der Waals surface area (Å²) in [7, 11) is 0. The molecule has 4 heteroatoms. The second-order valence-electron chi connectivity index (χ2n) is 2.51. The molecule has 0 saturated carbocycles. The largest absolute Gasteiger partial charge is 0.466 e. The quantitative estimate of drug-likeness (QED) is 0.367. The third-order valence-electron chi connectivity index (χ3n) is 1.32. The lowest BCUT2D eigenvalue weighted by atomic mass is 10.2. The molecular formula is C8H13ClO3. The van der Waals surface area contributed by atoms with Crippen molar-refractivity contribution < 1.29 is 14.3 Å². The molecule has 12 heavy (non-hydrogen) atoms. The molecule has 0 aromatic rings. The number of unbranched alkanes of at least 4 members (excludes halogenated alkanes) is 2. The standard InChI is InChI=1S/C8H13ClO3/c1-7(10)12-6-4-2-3-5-8(9)11/h2-6H2,1H3. The lowest BCUT2D eigenvalue weighted by molar-refractivity contribution is -0.141. The fourth-order valence-corrected chi connectivity index (χ4v) is 0.892. The van der Waals surface area contributed by atoms with Crippen LogP contribution in [-0.4, -0.2) is 17.8 Å². The van der Waals surface area contributed by atoms with Crippen molar-refractivity contribution in [3.05, 3.63) is 0 Å². The molecular weight excluding hydrogens is 180 g/mol. The van der Waals surface area contributed by atoms with Crippen LogP contribution in [0.15, 0.2) is 0 Å². The van der Waals surface area contributed by atoms with Gasteiger partial charge in [0, 0.05) is 13.3 Å². The fourth-order valence-electron chi connectivity index (χ4n) is 0.759. The Hall–Kier alpha value is -0.570. The maximum Gasteiger partial charge on any atom is 0.302 e. The van der Waals surface area contributed by atoms with Gasteiger partial charge < -0.3 is 4.74 Å². The molecule has 3 nitrogen and oxygen atoms in total. The van der Waals surface area contributed by atoms with Gasteiger partial charge in [0.1, 0.15) is 0 Å². The van der Waals surface area contributed by atoms with Crippen molar-refractivity contribution >= 4 is 22.8 Å². The zero-order valence-corrected chi connectivity index (χ0v) is 7.89. The number of carbonyl (C=O) groups excluding carboxylic acids is 2. The minimum atomic E-state index is -0.303. The molecule has 0 aliphatic carbocycles. The lowest BCUT2D eigenvalue weighted by Gasteiger charge is -1.99. The molecule has 0 aromatic heterocycles. The zero-order chi connectivity index (χ0) is 9.40. The number of rotatable bonds is 6. The van der Waals surface area contributed by atoms with Crippen molar-refractivity contribution in [1.29, 1.82) is 0 Å². The van der Waals surface area contributed by atoms with Gasteiger partial charge in [0.2, 0.25) is 5.24 Å². The Morgan fingerprint density at radius 2 is 1.92 bits per heavy atom. The van der Waals surface area contributed by atoms with Crippen LogP contribution in [0.4, 0.5) is 0 Å². The second-order valence-corrected chi connectivity index (χ2v) is 2.93. The van der Waals surface area contributed by atoms with E-state index in [0.29, 0.717) is 13.0 Å². The van der Waals surface area contributed by atoms with Gasteiger partial charge in [-0.05, 0) is 30.9 Å². The van der Waals surface area contributed by atoms with Crippen LogP contribution in [0.2, 0.25) is 0 Å². The van der Waals surface area contributed by atoms with E-state index in [1.54, 1.807) is 0 Å². The molecule has 0 bridgehead atoms. The van der Waals surface area contributed by atoms with Crippen molar-refractivity contribution in [1.82, 2.24) is 0 Å². The molecule has 0 spiro atoms. The van der Waals surface area contributed by atoms with Crippen LogP contribution in [0.25, 0.3) is 0 Å². The van der Waals surface area contributed by atoms with Crippen LogP contribution in [0, 0.1) is 0 Å². The summed E-state index contributed by atoms with van der Waals surface area (Å²) in [4.78, 5) is 20.6. The van der Waals surface area contributed by atoms with Gasteiger partial charge in [-0.15, -0.1) is 0 Å². The van der Waals surface area contributed by atoms with Gasteiger partial charge in [0.15, 0.2) is 0 Å². The molecule has 0 amide bonds. The third-order valence-corrected chi connectivity index (χ3v) is 1.51. The van der Waals surface area contributed by atoms with E-state index in [-0.39, 0.29) is 11.2 Å². The molecule has 0 aliphatic rings. The van der Waals surface area contributed by atoms with Crippen LogP contribution in [0.5, 0.6) is 0 Å². The molecule has 0 heterocycles. The molecule has 0 unspecified atom stereocenters. The highest BCUT2D eigenvalue weighted by atomic mass is 35.5. The number of hydrogen-bond acceptors (Lipinski definition) is 3. The SMILES string of the molecule is CC(=O)OCCCCCC(=O)Cl. The summed E-state index contributed by atoms with van der Waals surface area (Å²) in [5.74, 6) is -0.261. The second kappa shape index (κ2) is 7.10. The minimum absolute atomic E-state index is 0.261. The summed E-state index contributed by atoms with van der Waals surface area (Å²) in [6.45, 7) is 1.81. The van der Waals surface area contributed by atoms with Gasteiger partial charge in [-0.25, -0.2) is 0 Å². The maximum atomic E-state index is 10.3. The summed E-state index contributed by atoms with van der Waals surface area (Å²) in [5, 5.41) is -0.303. The van der Waals surface area contributed by atoms with Gasteiger partial charge in [0.25, 0.3) is 0 Å². The molecule has 0 rings (SSSR count). The molecule has 0 fully saturated rings. The number of ether oxygens (including phenoxy) is 1. The van der Waals surface area contributed by atoms with E-state index in [1.165, 1.54) is 6.92 Å². The van der Waals surface area contributed by atoms with Crippen molar-refractivity contribution in [3.8, 4) is 0 Å². The normalized spacial score (nSPS) is 9.50. The number of carbonyl (C=O) groups is 2. The lowest BCUT2D eigenvalue weighted by Crippen LogP contribution is -2.00. The molecule has 0 N–H and O–H groups in total. The van der Waals surface area contributed by atoms with E-state index in [0.717, 1.165) is 19.3 Å². The topological polar surface area (TPSA) is 43.4 Å². The Kier molecular flexibility index (Phi) is 6.76. The summed E-state index contributed by atoms with van der Waals surface area (Å²) in [6, 6.07) is 0. The van der Waals surface area contributed by atoms with Crippen LogP contribution in [-0.2, 0) is 14.3 Å². The first-order chi connectivity index (χ1) is 5.63. The van der Waals surface area contributed by atoms with Crippen molar-refractivity contribution in [3.63, 3.8) is 0 Å². The number of halogens is 1. The van der Waals surface area contributed by atoms with Crippen molar-refractivity contribution in [2.75, 3.05) is 6.61 Å². The Bertz CT molecular complexity index is 138. The van der Waals surface area contributed by atoms with E-state index in [2.05, 4.69) is 0 Å². The average molecular weight is 193 g/mol. The summed E-state index contributed by atoms with van der Waals surface area (Å²) in [6.07, 6.45) is 2.83. The van der Waals surface area contributed by atoms with E-state index in [9.17, 15) is 9.59 Å². The first kappa shape index (κ1) is 11.4. The Labute approximate surface area is 77.0 Å². The van der Waals surface area contributed by atoms with E-state index < -0.39 is 0 Å². The van der Waals surface area contributed by atoms with Gasteiger partial charge in [0.05, 0.1) is 6.61 Å². The molecule has 70 valence electrons. The third kappa shape index (κ3) is 9.43. The molecule has 0 aromatic carbocycles.